The second-order valence-corrected chi connectivity index (χ2v) is 7.10. The molecule has 2 aromatic carbocycles. The average Bonchev–Trinajstić information content (AvgIpc) is 3.33. The highest BCUT2D eigenvalue weighted by Crippen LogP contribution is 2.32. The van der Waals surface area contributed by atoms with Gasteiger partial charge in [0.1, 0.15) is 5.75 Å². The smallest absolute Gasteiger partial charge is 0.336 e. The number of benzene rings is 2. The molecule has 0 amide bonds. The van der Waals surface area contributed by atoms with Gasteiger partial charge in [0.15, 0.2) is 11.2 Å². The molecule has 30 heavy (non-hydrogen) atoms. The minimum Gasteiger partial charge on any atom is -0.478 e. The van der Waals surface area contributed by atoms with E-state index in [-0.39, 0.29) is 11.6 Å². The van der Waals surface area contributed by atoms with Crippen molar-refractivity contribution in [2.45, 2.75) is 6.92 Å². The summed E-state index contributed by atoms with van der Waals surface area (Å²) in [6, 6.07) is 12.2. The number of rotatable bonds is 4. The van der Waals surface area contributed by atoms with E-state index >= 15 is 0 Å². The fraction of sp³-hybridized carbons (Fsp3) is 0.0476. The summed E-state index contributed by atoms with van der Waals surface area (Å²) in [7, 11) is 0. The van der Waals surface area contributed by atoms with Crippen LogP contribution in [-0.4, -0.2) is 31.2 Å². The highest BCUT2D eigenvalue weighted by Gasteiger charge is 2.15. The van der Waals surface area contributed by atoms with E-state index in [1.54, 1.807) is 37.4 Å². The monoisotopic (exact) mass is 420 g/mol. The molecule has 9 heteroatoms. The van der Waals surface area contributed by atoms with Crippen molar-refractivity contribution >= 4 is 39.7 Å². The van der Waals surface area contributed by atoms with Gasteiger partial charge < -0.3 is 19.4 Å². The fourth-order valence-corrected chi connectivity index (χ4v) is 3.43. The van der Waals surface area contributed by atoms with Crippen molar-refractivity contribution in [2.24, 2.45) is 0 Å². The van der Waals surface area contributed by atoms with Crippen LogP contribution in [0.1, 0.15) is 15.9 Å². The van der Waals surface area contributed by atoms with Crippen LogP contribution in [0.25, 0.3) is 33.4 Å². The Morgan fingerprint density at radius 2 is 2.03 bits per heavy atom. The molecule has 2 N–H and O–H groups in total. The third-order valence-electron chi connectivity index (χ3n) is 4.68. The number of carboxylic acid groups (broad SMARTS) is 1. The van der Waals surface area contributed by atoms with E-state index in [9.17, 15) is 9.90 Å². The van der Waals surface area contributed by atoms with Crippen molar-refractivity contribution in [3.63, 3.8) is 0 Å². The van der Waals surface area contributed by atoms with Crippen LogP contribution in [0.5, 0.6) is 11.8 Å². The molecule has 5 rings (SSSR count). The van der Waals surface area contributed by atoms with Crippen LogP contribution >= 0.6 is 11.6 Å². The number of H-pyrrole nitrogens is 1. The first-order chi connectivity index (χ1) is 14.5. The van der Waals surface area contributed by atoms with Gasteiger partial charge in [0.25, 0.3) is 0 Å². The average molecular weight is 421 g/mol. The Labute approximate surface area is 174 Å². The molecule has 0 saturated heterocycles. The van der Waals surface area contributed by atoms with Crippen molar-refractivity contribution in [3.8, 4) is 23.0 Å². The SMILES string of the molecule is Cc1ccc(Oc2nc3nc(-c4ccc5oncc5c4)c(Cl)cc3[nH]2)cc1C(=O)O. The lowest BCUT2D eigenvalue weighted by Gasteiger charge is -2.05. The standard InChI is InChI=1S/C21H13ClN4O4/c1-10-2-4-13(7-14(10)20(27)28)29-21-24-16-8-15(22)18(25-19(16)26-21)11-3-5-17-12(6-11)9-23-30-17/h2-9H,1H3,(H,27,28)(H,24,25,26). The number of imidazole rings is 1. The molecule has 0 unspecified atom stereocenters. The molecule has 5 aromatic rings. The number of aromatic amines is 1. The predicted octanol–water partition coefficient (Wildman–Crippen LogP) is 5.22. The number of fused-ring (bicyclic) bond motifs is 2. The Hall–Kier alpha value is -3.91. The van der Waals surface area contributed by atoms with Crippen molar-refractivity contribution in [2.75, 3.05) is 0 Å². The number of carboxylic acids is 1. The Kier molecular flexibility index (Phi) is 4.14. The van der Waals surface area contributed by atoms with Crippen molar-refractivity contribution in [1.29, 1.82) is 0 Å². The van der Waals surface area contributed by atoms with Crippen LogP contribution in [0.3, 0.4) is 0 Å². The Balaban J connectivity index is 1.52. The second-order valence-electron chi connectivity index (χ2n) is 6.69. The molecule has 0 bridgehead atoms. The van der Waals surface area contributed by atoms with Crippen LogP contribution in [-0.2, 0) is 0 Å². The lowest BCUT2D eigenvalue weighted by atomic mass is 10.1. The lowest BCUT2D eigenvalue weighted by Crippen LogP contribution is -2.00. The predicted molar refractivity (Wildman–Crippen MR) is 110 cm³/mol. The highest BCUT2D eigenvalue weighted by atomic mass is 35.5. The first-order valence-electron chi connectivity index (χ1n) is 8.91. The minimum absolute atomic E-state index is 0.163. The zero-order valence-electron chi connectivity index (χ0n) is 15.5. The summed E-state index contributed by atoms with van der Waals surface area (Å²) in [5.74, 6) is -0.674. The highest BCUT2D eigenvalue weighted by molar-refractivity contribution is 6.33. The summed E-state index contributed by atoms with van der Waals surface area (Å²) in [5, 5.41) is 14.3. The molecular formula is C21H13ClN4O4. The molecule has 0 fully saturated rings. The minimum atomic E-state index is -1.02. The lowest BCUT2D eigenvalue weighted by molar-refractivity contribution is 0.0695. The van der Waals surface area contributed by atoms with E-state index in [4.69, 9.17) is 20.9 Å². The van der Waals surface area contributed by atoms with Gasteiger partial charge in [0, 0.05) is 10.9 Å². The zero-order valence-corrected chi connectivity index (χ0v) is 16.3. The van der Waals surface area contributed by atoms with Gasteiger partial charge in [-0.2, -0.15) is 4.98 Å². The zero-order chi connectivity index (χ0) is 20.8. The van der Waals surface area contributed by atoms with Crippen molar-refractivity contribution < 1.29 is 19.2 Å². The molecule has 0 saturated carbocycles. The van der Waals surface area contributed by atoms with E-state index in [1.165, 1.54) is 6.07 Å². The van der Waals surface area contributed by atoms with Gasteiger partial charge in [-0.05, 0) is 48.9 Å². The van der Waals surface area contributed by atoms with E-state index in [0.29, 0.717) is 38.8 Å². The summed E-state index contributed by atoms with van der Waals surface area (Å²) >= 11 is 6.45. The first kappa shape index (κ1) is 18.1. The van der Waals surface area contributed by atoms with Crippen LogP contribution in [0.4, 0.5) is 0 Å². The van der Waals surface area contributed by atoms with Crippen LogP contribution < -0.4 is 4.74 Å². The maximum absolute atomic E-state index is 11.3. The van der Waals surface area contributed by atoms with Crippen LogP contribution in [0, 0.1) is 6.92 Å². The molecule has 0 aliphatic rings. The number of hydrogen-bond donors (Lipinski definition) is 2. The number of aromatic carboxylic acids is 1. The third kappa shape index (κ3) is 3.13. The molecule has 0 radical (unpaired) electrons. The molecule has 0 aliphatic heterocycles. The maximum atomic E-state index is 11.3. The topological polar surface area (TPSA) is 114 Å². The summed E-state index contributed by atoms with van der Waals surface area (Å²) in [6.07, 6.45) is 1.62. The van der Waals surface area contributed by atoms with E-state index in [0.717, 1.165) is 10.9 Å². The van der Waals surface area contributed by atoms with Crippen LogP contribution in [0.2, 0.25) is 5.02 Å². The number of pyridine rings is 1. The number of hydrogen-bond acceptors (Lipinski definition) is 6. The summed E-state index contributed by atoms with van der Waals surface area (Å²) < 4.78 is 10.8. The van der Waals surface area contributed by atoms with E-state index in [2.05, 4.69) is 20.1 Å². The number of aryl methyl sites for hydroxylation is 1. The normalized spacial score (nSPS) is 11.3. The maximum Gasteiger partial charge on any atom is 0.336 e. The molecule has 0 spiro atoms. The van der Waals surface area contributed by atoms with Crippen LogP contribution in [0.15, 0.2) is 53.2 Å². The van der Waals surface area contributed by atoms with Crippen molar-refractivity contribution in [3.05, 3.63) is 64.8 Å². The first-order valence-corrected chi connectivity index (χ1v) is 9.28. The molecule has 148 valence electrons. The number of ether oxygens (including phenoxy) is 1. The molecule has 0 atom stereocenters. The number of aromatic nitrogens is 4. The molecule has 8 nitrogen and oxygen atoms in total. The number of nitrogens with one attached hydrogen (secondary N) is 1. The number of carbonyl (C=O) groups is 1. The second kappa shape index (κ2) is 6.85. The van der Waals surface area contributed by atoms with E-state index < -0.39 is 5.97 Å². The van der Waals surface area contributed by atoms with Gasteiger partial charge in [0.2, 0.25) is 0 Å². The molecule has 3 heterocycles. The van der Waals surface area contributed by atoms with Gasteiger partial charge in [0.05, 0.1) is 28.0 Å². The molecular weight excluding hydrogens is 408 g/mol. The number of nitrogens with zero attached hydrogens (tertiary/aromatic N) is 3. The van der Waals surface area contributed by atoms with Gasteiger partial charge in [-0.15, -0.1) is 0 Å². The number of halogens is 1. The molecule has 3 aromatic heterocycles. The van der Waals surface area contributed by atoms with Gasteiger partial charge in [-0.25, -0.2) is 9.78 Å². The largest absolute Gasteiger partial charge is 0.478 e. The summed E-state index contributed by atoms with van der Waals surface area (Å²) in [6.45, 7) is 1.72. The van der Waals surface area contributed by atoms with E-state index in [1.807, 2.05) is 12.1 Å². The Morgan fingerprint density at radius 3 is 2.87 bits per heavy atom. The Morgan fingerprint density at radius 1 is 1.17 bits per heavy atom. The summed E-state index contributed by atoms with van der Waals surface area (Å²) in [5.41, 5.74) is 3.85. The quantitative estimate of drug-likeness (QED) is 0.409. The fourth-order valence-electron chi connectivity index (χ4n) is 3.17. The van der Waals surface area contributed by atoms with Crippen molar-refractivity contribution in [1.82, 2.24) is 20.1 Å². The Bertz CT molecular complexity index is 1440. The summed E-state index contributed by atoms with van der Waals surface area (Å²) in [4.78, 5) is 23.2. The van der Waals surface area contributed by atoms with Gasteiger partial charge >= 0.3 is 12.0 Å². The molecule has 0 aliphatic carbocycles. The third-order valence-corrected chi connectivity index (χ3v) is 4.97. The van der Waals surface area contributed by atoms with Gasteiger partial charge in [-0.1, -0.05) is 22.8 Å². The van der Waals surface area contributed by atoms with Gasteiger partial charge in [-0.3, -0.25) is 0 Å².